The standard InChI is InChI=1S/C13H24N2O2/c1-11(9-12(16)17)15-8-7-14-10-13(15)5-3-2-4-6-13/h11,14H,2-10H2,1H3,(H,16,17). The van der Waals surface area contributed by atoms with Gasteiger partial charge in [-0.25, -0.2) is 0 Å². The molecule has 1 aliphatic carbocycles. The largest absolute Gasteiger partial charge is 0.481 e. The molecule has 0 aromatic rings. The van der Waals surface area contributed by atoms with Crippen LogP contribution in [0.3, 0.4) is 0 Å². The Balaban J connectivity index is 2.07. The van der Waals surface area contributed by atoms with Crippen LogP contribution in [-0.4, -0.2) is 47.2 Å². The maximum absolute atomic E-state index is 10.9. The Hall–Kier alpha value is -0.610. The van der Waals surface area contributed by atoms with Gasteiger partial charge in [0.1, 0.15) is 0 Å². The zero-order valence-corrected chi connectivity index (χ0v) is 10.7. The van der Waals surface area contributed by atoms with E-state index in [2.05, 4.69) is 17.1 Å². The van der Waals surface area contributed by atoms with E-state index in [0.29, 0.717) is 0 Å². The molecule has 4 nitrogen and oxygen atoms in total. The lowest BCUT2D eigenvalue weighted by atomic mass is 9.78. The summed E-state index contributed by atoms with van der Waals surface area (Å²) in [7, 11) is 0. The minimum absolute atomic E-state index is 0.160. The van der Waals surface area contributed by atoms with Crippen molar-refractivity contribution in [2.75, 3.05) is 19.6 Å². The number of piperazine rings is 1. The lowest BCUT2D eigenvalue weighted by molar-refractivity contribution is -0.139. The van der Waals surface area contributed by atoms with Gasteiger partial charge in [0, 0.05) is 31.2 Å². The van der Waals surface area contributed by atoms with Gasteiger partial charge in [-0.3, -0.25) is 9.69 Å². The van der Waals surface area contributed by atoms with Crippen LogP contribution in [0.25, 0.3) is 0 Å². The maximum atomic E-state index is 10.9. The predicted molar refractivity (Wildman–Crippen MR) is 67.1 cm³/mol. The van der Waals surface area contributed by atoms with Crippen molar-refractivity contribution in [1.29, 1.82) is 0 Å². The molecule has 1 heterocycles. The molecular formula is C13H24N2O2. The molecule has 2 fully saturated rings. The number of hydrogen-bond donors (Lipinski definition) is 2. The highest BCUT2D eigenvalue weighted by molar-refractivity contribution is 5.67. The Bertz CT molecular complexity index is 266. The summed E-state index contributed by atoms with van der Waals surface area (Å²) in [5.41, 5.74) is 0.241. The summed E-state index contributed by atoms with van der Waals surface area (Å²) >= 11 is 0. The van der Waals surface area contributed by atoms with Crippen LogP contribution in [-0.2, 0) is 4.79 Å². The molecule has 0 bridgehead atoms. The summed E-state index contributed by atoms with van der Waals surface area (Å²) in [6.07, 6.45) is 6.63. The third kappa shape index (κ3) is 2.80. The Morgan fingerprint density at radius 3 is 2.76 bits per heavy atom. The van der Waals surface area contributed by atoms with Crippen LogP contribution in [0, 0.1) is 0 Å². The van der Waals surface area contributed by atoms with Crippen molar-refractivity contribution in [3.63, 3.8) is 0 Å². The summed E-state index contributed by atoms with van der Waals surface area (Å²) in [6, 6.07) is 0.160. The third-order valence-electron chi connectivity index (χ3n) is 4.38. The van der Waals surface area contributed by atoms with Crippen LogP contribution in [0.15, 0.2) is 0 Å². The van der Waals surface area contributed by atoms with Crippen LogP contribution < -0.4 is 5.32 Å². The van der Waals surface area contributed by atoms with Gasteiger partial charge in [-0.05, 0) is 19.8 Å². The molecule has 98 valence electrons. The summed E-state index contributed by atoms with van der Waals surface area (Å²) < 4.78 is 0. The van der Waals surface area contributed by atoms with Gasteiger partial charge < -0.3 is 10.4 Å². The lowest BCUT2D eigenvalue weighted by Crippen LogP contribution is -2.64. The number of carboxylic acid groups (broad SMARTS) is 1. The highest BCUT2D eigenvalue weighted by atomic mass is 16.4. The van der Waals surface area contributed by atoms with Gasteiger partial charge in [-0.2, -0.15) is 0 Å². The molecule has 4 heteroatoms. The van der Waals surface area contributed by atoms with Crippen molar-refractivity contribution < 1.29 is 9.90 Å². The van der Waals surface area contributed by atoms with Gasteiger partial charge in [0.05, 0.1) is 6.42 Å². The second kappa shape index (κ2) is 5.36. The van der Waals surface area contributed by atoms with Gasteiger partial charge in [0.15, 0.2) is 0 Å². The number of nitrogens with one attached hydrogen (secondary N) is 1. The monoisotopic (exact) mass is 240 g/mol. The number of carboxylic acids is 1. The van der Waals surface area contributed by atoms with E-state index in [4.69, 9.17) is 5.11 Å². The average Bonchev–Trinajstić information content (AvgIpc) is 2.29. The Kier molecular flexibility index (Phi) is 4.05. The van der Waals surface area contributed by atoms with E-state index in [-0.39, 0.29) is 18.0 Å². The molecule has 1 saturated carbocycles. The van der Waals surface area contributed by atoms with E-state index in [1.807, 2.05) is 0 Å². The zero-order valence-electron chi connectivity index (χ0n) is 10.7. The highest BCUT2D eigenvalue weighted by Crippen LogP contribution is 2.36. The fourth-order valence-corrected chi connectivity index (χ4v) is 3.58. The van der Waals surface area contributed by atoms with E-state index < -0.39 is 5.97 Å². The van der Waals surface area contributed by atoms with Gasteiger partial charge >= 0.3 is 5.97 Å². The Morgan fingerprint density at radius 2 is 2.12 bits per heavy atom. The molecule has 2 N–H and O–H groups in total. The van der Waals surface area contributed by atoms with E-state index in [1.165, 1.54) is 32.1 Å². The van der Waals surface area contributed by atoms with Gasteiger partial charge in [-0.15, -0.1) is 0 Å². The fraction of sp³-hybridized carbons (Fsp3) is 0.923. The predicted octanol–water partition coefficient (Wildman–Crippen LogP) is 1.46. The molecule has 0 radical (unpaired) electrons. The maximum Gasteiger partial charge on any atom is 0.304 e. The van der Waals surface area contributed by atoms with Crippen LogP contribution in [0.4, 0.5) is 0 Å². The fourth-order valence-electron chi connectivity index (χ4n) is 3.58. The van der Waals surface area contributed by atoms with Crippen molar-refractivity contribution in [3.8, 4) is 0 Å². The highest BCUT2D eigenvalue weighted by Gasteiger charge is 2.41. The molecule has 0 amide bonds. The average molecular weight is 240 g/mol. The van der Waals surface area contributed by atoms with E-state index in [1.54, 1.807) is 0 Å². The number of aliphatic carboxylic acids is 1. The van der Waals surface area contributed by atoms with Crippen LogP contribution in [0.1, 0.15) is 45.4 Å². The first-order chi connectivity index (χ1) is 8.14. The number of carbonyl (C=O) groups is 1. The van der Waals surface area contributed by atoms with Crippen molar-refractivity contribution in [2.24, 2.45) is 0 Å². The van der Waals surface area contributed by atoms with Gasteiger partial charge in [0.2, 0.25) is 0 Å². The second-order valence-electron chi connectivity index (χ2n) is 5.60. The topological polar surface area (TPSA) is 52.6 Å². The van der Waals surface area contributed by atoms with Crippen molar-refractivity contribution in [1.82, 2.24) is 10.2 Å². The van der Waals surface area contributed by atoms with E-state index in [9.17, 15) is 4.79 Å². The normalized spacial score (nSPS) is 26.9. The lowest BCUT2D eigenvalue weighted by Gasteiger charge is -2.52. The van der Waals surface area contributed by atoms with Gasteiger partial charge in [-0.1, -0.05) is 19.3 Å². The molecule has 1 aliphatic heterocycles. The third-order valence-corrected chi connectivity index (χ3v) is 4.38. The molecule has 17 heavy (non-hydrogen) atoms. The number of rotatable bonds is 3. The first-order valence-electron chi connectivity index (χ1n) is 6.83. The molecule has 0 aromatic heterocycles. The molecule has 2 aliphatic rings. The minimum Gasteiger partial charge on any atom is -0.481 e. The first kappa shape index (κ1) is 12.8. The second-order valence-corrected chi connectivity index (χ2v) is 5.60. The number of hydrogen-bond acceptors (Lipinski definition) is 3. The zero-order chi connectivity index (χ0) is 12.3. The molecule has 1 spiro atoms. The summed E-state index contributed by atoms with van der Waals surface area (Å²) in [4.78, 5) is 13.4. The summed E-state index contributed by atoms with van der Waals surface area (Å²) in [5.74, 6) is -0.679. The molecule has 1 saturated heterocycles. The van der Waals surface area contributed by atoms with E-state index in [0.717, 1.165) is 19.6 Å². The summed E-state index contributed by atoms with van der Waals surface area (Å²) in [5, 5.41) is 12.5. The van der Waals surface area contributed by atoms with Crippen LogP contribution >= 0.6 is 0 Å². The molecule has 2 rings (SSSR count). The van der Waals surface area contributed by atoms with Crippen LogP contribution in [0.5, 0.6) is 0 Å². The van der Waals surface area contributed by atoms with Gasteiger partial charge in [0.25, 0.3) is 0 Å². The Labute approximate surface area is 103 Å². The van der Waals surface area contributed by atoms with Crippen molar-refractivity contribution in [2.45, 2.75) is 57.0 Å². The Morgan fingerprint density at radius 1 is 1.41 bits per heavy atom. The van der Waals surface area contributed by atoms with Crippen molar-refractivity contribution in [3.05, 3.63) is 0 Å². The number of nitrogens with zero attached hydrogens (tertiary/aromatic N) is 1. The molecular weight excluding hydrogens is 216 g/mol. The van der Waals surface area contributed by atoms with E-state index >= 15 is 0 Å². The molecule has 1 unspecified atom stereocenters. The van der Waals surface area contributed by atoms with Crippen molar-refractivity contribution >= 4 is 5.97 Å². The SMILES string of the molecule is CC(CC(=O)O)N1CCNCC12CCCCC2. The molecule has 1 atom stereocenters. The quantitative estimate of drug-likeness (QED) is 0.784. The minimum atomic E-state index is -0.679. The van der Waals surface area contributed by atoms with Crippen LogP contribution in [0.2, 0.25) is 0 Å². The smallest absolute Gasteiger partial charge is 0.304 e. The molecule has 0 aromatic carbocycles. The first-order valence-corrected chi connectivity index (χ1v) is 6.83. The summed E-state index contributed by atoms with van der Waals surface area (Å²) in [6.45, 7) is 5.09.